The van der Waals surface area contributed by atoms with Gasteiger partial charge in [0.1, 0.15) is 11.5 Å². The Morgan fingerprint density at radius 1 is 1.05 bits per heavy atom. The average molecular weight is 300 g/mol. The number of carboxylic acids is 1. The highest BCUT2D eigenvalue weighted by atomic mass is 16.5. The molecule has 0 amide bonds. The maximum atomic E-state index is 12.2. The monoisotopic (exact) mass is 300 g/mol. The second kappa shape index (κ2) is 7.26. The Morgan fingerprint density at radius 2 is 1.77 bits per heavy atom. The van der Waals surface area contributed by atoms with E-state index >= 15 is 0 Å². The summed E-state index contributed by atoms with van der Waals surface area (Å²) < 4.78 is 5.34. The van der Waals surface area contributed by atoms with Crippen LogP contribution in [0.25, 0.3) is 0 Å². The number of ether oxygens (including phenoxy) is 1. The van der Waals surface area contributed by atoms with Gasteiger partial charge in [-0.25, -0.2) is 0 Å². The zero-order valence-corrected chi connectivity index (χ0v) is 11.9. The Bertz CT molecular complexity index is 664. The Balaban J connectivity index is 2.03. The van der Waals surface area contributed by atoms with Crippen LogP contribution < -0.4 is 4.74 Å². The van der Waals surface area contributed by atoms with Crippen LogP contribution in [0.2, 0.25) is 0 Å². The number of aliphatic carboxylic acids is 1. The van der Waals surface area contributed by atoms with Crippen molar-refractivity contribution in [2.45, 2.75) is 12.8 Å². The van der Waals surface area contributed by atoms with Crippen molar-refractivity contribution in [1.82, 2.24) is 0 Å². The van der Waals surface area contributed by atoms with Gasteiger partial charge in [-0.1, -0.05) is 30.3 Å². The number of carbonyl (C=O) groups excluding carboxylic acids is 1. The molecule has 0 aliphatic heterocycles. The van der Waals surface area contributed by atoms with Crippen LogP contribution in [0.4, 0.5) is 0 Å². The fourth-order valence-electron chi connectivity index (χ4n) is 1.95. The standard InChI is InChI=1S/C17H16O5/c18-15-11-13(22-10-4-7-16(19)20)8-9-14(15)17(21)12-5-2-1-3-6-12/h1-3,5-6,8-9,11,18H,4,7,10H2,(H,19,20). The molecular formula is C17H16O5. The Labute approximate surface area is 127 Å². The molecule has 0 aliphatic carbocycles. The van der Waals surface area contributed by atoms with Crippen LogP contribution in [0.3, 0.4) is 0 Å². The molecule has 114 valence electrons. The second-order valence-corrected chi connectivity index (χ2v) is 4.72. The summed E-state index contributed by atoms with van der Waals surface area (Å²) in [6, 6.07) is 13.1. The van der Waals surface area contributed by atoms with Gasteiger partial charge < -0.3 is 14.9 Å². The first kappa shape index (κ1) is 15.6. The molecule has 5 nitrogen and oxygen atoms in total. The fourth-order valence-corrected chi connectivity index (χ4v) is 1.95. The van der Waals surface area contributed by atoms with E-state index in [0.29, 0.717) is 17.7 Å². The molecule has 0 unspecified atom stereocenters. The van der Waals surface area contributed by atoms with Crippen molar-refractivity contribution in [1.29, 1.82) is 0 Å². The molecule has 0 atom stereocenters. The molecule has 0 aromatic heterocycles. The third-order valence-electron chi connectivity index (χ3n) is 3.05. The lowest BCUT2D eigenvalue weighted by atomic mass is 10.0. The average Bonchev–Trinajstić information content (AvgIpc) is 2.52. The quantitative estimate of drug-likeness (QED) is 0.607. The van der Waals surface area contributed by atoms with E-state index in [-0.39, 0.29) is 30.1 Å². The number of phenolic OH excluding ortho intramolecular Hbond substituents is 1. The van der Waals surface area contributed by atoms with Crippen molar-refractivity contribution >= 4 is 11.8 Å². The molecule has 2 rings (SSSR count). The molecule has 0 saturated heterocycles. The predicted octanol–water partition coefficient (Wildman–Crippen LogP) is 2.87. The zero-order chi connectivity index (χ0) is 15.9. The third kappa shape index (κ3) is 4.09. The first-order chi connectivity index (χ1) is 10.6. The van der Waals surface area contributed by atoms with Gasteiger partial charge >= 0.3 is 5.97 Å². The molecule has 0 spiro atoms. The molecule has 0 heterocycles. The van der Waals surface area contributed by atoms with Gasteiger partial charge in [0.05, 0.1) is 12.2 Å². The van der Waals surface area contributed by atoms with Gasteiger partial charge in [-0.2, -0.15) is 0 Å². The summed E-state index contributed by atoms with van der Waals surface area (Å²) in [6.45, 7) is 0.234. The summed E-state index contributed by atoms with van der Waals surface area (Å²) in [4.78, 5) is 22.6. The number of aromatic hydroxyl groups is 1. The molecular weight excluding hydrogens is 284 g/mol. The number of hydrogen-bond acceptors (Lipinski definition) is 4. The lowest BCUT2D eigenvalue weighted by Crippen LogP contribution is -2.04. The van der Waals surface area contributed by atoms with Gasteiger partial charge in [-0.3, -0.25) is 9.59 Å². The van der Waals surface area contributed by atoms with E-state index in [1.807, 2.05) is 6.07 Å². The first-order valence-corrected chi connectivity index (χ1v) is 6.85. The van der Waals surface area contributed by atoms with E-state index in [2.05, 4.69) is 0 Å². The van der Waals surface area contributed by atoms with Crippen molar-refractivity contribution in [2.24, 2.45) is 0 Å². The van der Waals surface area contributed by atoms with E-state index in [9.17, 15) is 14.7 Å². The van der Waals surface area contributed by atoms with Crippen molar-refractivity contribution in [2.75, 3.05) is 6.61 Å². The molecule has 0 bridgehead atoms. The van der Waals surface area contributed by atoms with Crippen LogP contribution in [0, 0.1) is 0 Å². The molecule has 0 aliphatic rings. The maximum absolute atomic E-state index is 12.2. The van der Waals surface area contributed by atoms with Gasteiger partial charge in [-0.05, 0) is 18.6 Å². The number of benzene rings is 2. The number of rotatable bonds is 7. The van der Waals surface area contributed by atoms with Gasteiger partial charge in [0, 0.05) is 18.1 Å². The summed E-state index contributed by atoms with van der Waals surface area (Å²) in [5, 5.41) is 18.5. The Morgan fingerprint density at radius 3 is 2.41 bits per heavy atom. The summed E-state index contributed by atoms with van der Waals surface area (Å²) in [5.41, 5.74) is 0.692. The minimum Gasteiger partial charge on any atom is -0.507 e. The van der Waals surface area contributed by atoms with Gasteiger partial charge in [0.25, 0.3) is 0 Å². The van der Waals surface area contributed by atoms with E-state index in [0.717, 1.165) is 0 Å². The molecule has 2 N–H and O–H groups in total. The zero-order valence-electron chi connectivity index (χ0n) is 11.9. The number of hydrogen-bond donors (Lipinski definition) is 2. The van der Waals surface area contributed by atoms with Gasteiger partial charge in [0.15, 0.2) is 5.78 Å². The van der Waals surface area contributed by atoms with Crippen LogP contribution in [-0.4, -0.2) is 28.6 Å². The highest BCUT2D eigenvalue weighted by Crippen LogP contribution is 2.26. The van der Waals surface area contributed by atoms with E-state index in [1.165, 1.54) is 12.1 Å². The maximum Gasteiger partial charge on any atom is 0.303 e. The smallest absolute Gasteiger partial charge is 0.303 e. The number of ketones is 1. The molecule has 5 heteroatoms. The predicted molar refractivity (Wildman–Crippen MR) is 80.3 cm³/mol. The second-order valence-electron chi connectivity index (χ2n) is 4.72. The lowest BCUT2D eigenvalue weighted by molar-refractivity contribution is -0.137. The first-order valence-electron chi connectivity index (χ1n) is 6.85. The van der Waals surface area contributed by atoms with Crippen LogP contribution in [-0.2, 0) is 4.79 Å². The van der Waals surface area contributed by atoms with Crippen LogP contribution in [0.1, 0.15) is 28.8 Å². The van der Waals surface area contributed by atoms with Crippen molar-refractivity contribution < 1.29 is 24.5 Å². The van der Waals surface area contributed by atoms with E-state index < -0.39 is 5.97 Å². The van der Waals surface area contributed by atoms with E-state index in [4.69, 9.17) is 9.84 Å². The van der Waals surface area contributed by atoms with Gasteiger partial charge in [0.2, 0.25) is 0 Å². The van der Waals surface area contributed by atoms with Crippen LogP contribution in [0.15, 0.2) is 48.5 Å². The highest BCUT2D eigenvalue weighted by Gasteiger charge is 2.14. The van der Waals surface area contributed by atoms with Crippen LogP contribution >= 0.6 is 0 Å². The minimum absolute atomic E-state index is 0.0244. The fraction of sp³-hybridized carbons (Fsp3) is 0.176. The molecule has 0 radical (unpaired) electrons. The van der Waals surface area contributed by atoms with E-state index in [1.54, 1.807) is 30.3 Å². The number of phenols is 1. The number of carbonyl (C=O) groups is 2. The molecule has 2 aromatic rings. The topological polar surface area (TPSA) is 83.8 Å². The normalized spacial score (nSPS) is 10.2. The Hall–Kier alpha value is -2.82. The minimum atomic E-state index is -0.879. The summed E-state index contributed by atoms with van der Waals surface area (Å²) in [7, 11) is 0. The molecule has 0 fully saturated rings. The molecule has 2 aromatic carbocycles. The number of carboxylic acid groups (broad SMARTS) is 1. The summed E-state index contributed by atoms with van der Waals surface area (Å²) in [5.74, 6) is -0.914. The Kier molecular flexibility index (Phi) is 5.14. The largest absolute Gasteiger partial charge is 0.507 e. The summed E-state index contributed by atoms with van der Waals surface area (Å²) >= 11 is 0. The summed E-state index contributed by atoms with van der Waals surface area (Å²) in [6.07, 6.45) is 0.400. The molecule has 22 heavy (non-hydrogen) atoms. The van der Waals surface area contributed by atoms with Crippen LogP contribution in [0.5, 0.6) is 11.5 Å². The van der Waals surface area contributed by atoms with Gasteiger partial charge in [-0.15, -0.1) is 0 Å². The van der Waals surface area contributed by atoms with Crippen molar-refractivity contribution in [3.8, 4) is 11.5 Å². The SMILES string of the molecule is O=C(O)CCCOc1ccc(C(=O)c2ccccc2)c(O)c1. The molecule has 0 saturated carbocycles. The van der Waals surface area contributed by atoms with Crippen molar-refractivity contribution in [3.63, 3.8) is 0 Å². The highest BCUT2D eigenvalue weighted by molar-refractivity contribution is 6.10. The van der Waals surface area contributed by atoms with Crippen molar-refractivity contribution in [3.05, 3.63) is 59.7 Å². The third-order valence-corrected chi connectivity index (χ3v) is 3.05. The lowest BCUT2D eigenvalue weighted by Gasteiger charge is -2.08.